The van der Waals surface area contributed by atoms with E-state index in [1.165, 1.54) is 6.33 Å². The maximum absolute atomic E-state index is 5.24. The van der Waals surface area contributed by atoms with Crippen molar-refractivity contribution in [2.75, 3.05) is 0 Å². The molecule has 0 aliphatic heterocycles. The highest BCUT2D eigenvalue weighted by Crippen LogP contribution is 2.11. The molecule has 1 aromatic carbocycles. The van der Waals surface area contributed by atoms with Crippen molar-refractivity contribution < 1.29 is 0 Å². The molecule has 0 radical (unpaired) electrons. The monoisotopic (exact) mass is 231 g/mol. The van der Waals surface area contributed by atoms with Crippen LogP contribution in [0.4, 0.5) is 0 Å². The predicted molar refractivity (Wildman–Crippen MR) is 67.1 cm³/mol. The van der Waals surface area contributed by atoms with Crippen LogP contribution in [0.25, 0.3) is 10.9 Å². The third-order valence-corrected chi connectivity index (χ3v) is 2.03. The first-order valence-corrected chi connectivity index (χ1v) is 4.96. The van der Waals surface area contributed by atoms with Gasteiger partial charge in [-0.1, -0.05) is 18.2 Å². The number of hydrogen-bond donors (Lipinski definition) is 2. The number of hydrogen-bond acceptors (Lipinski definition) is 4. The Kier molecular flexibility index (Phi) is 3.02. The molecular weight excluding hydrogens is 222 g/mol. The van der Waals surface area contributed by atoms with Crippen molar-refractivity contribution in [2.45, 2.75) is 0 Å². The Bertz CT molecular complexity index is 546. The Morgan fingerprint density at radius 2 is 2.19 bits per heavy atom. The fourth-order valence-electron chi connectivity index (χ4n) is 1.29. The highest BCUT2D eigenvalue weighted by atomic mass is 32.1. The van der Waals surface area contributed by atoms with E-state index in [2.05, 4.69) is 32.7 Å². The van der Waals surface area contributed by atoms with Crippen molar-refractivity contribution in [3.8, 4) is 0 Å². The third kappa shape index (κ3) is 2.29. The quantitative estimate of drug-likeness (QED) is 0.454. The zero-order chi connectivity index (χ0) is 11.4. The van der Waals surface area contributed by atoms with Crippen LogP contribution >= 0.6 is 12.2 Å². The summed E-state index contributed by atoms with van der Waals surface area (Å²) in [5.41, 5.74) is 9.31. The minimum Gasteiger partial charge on any atom is -0.375 e. The number of nitrogens with two attached hydrogens (primary N) is 1. The van der Waals surface area contributed by atoms with Crippen LogP contribution in [0, 0.1) is 0 Å². The van der Waals surface area contributed by atoms with Crippen LogP contribution in [0.15, 0.2) is 35.7 Å². The van der Waals surface area contributed by atoms with Crippen LogP contribution in [0.5, 0.6) is 0 Å². The van der Waals surface area contributed by atoms with Gasteiger partial charge in [0.05, 0.1) is 17.4 Å². The number of fused-ring (bicyclic) bond motifs is 1. The number of nitrogens with one attached hydrogen (secondary N) is 1. The van der Waals surface area contributed by atoms with Crippen molar-refractivity contribution in [1.82, 2.24) is 15.4 Å². The maximum Gasteiger partial charge on any atom is 0.184 e. The number of benzene rings is 1. The van der Waals surface area contributed by atoms with E-state index in [1.807, 2.05) is 24.3 Å². The lowest BCUT2D eigenvalue weighted by atomic mass is 10.2. The standard InChI is InChI=1S/C10H9N5S/c11-10(16)15-14-5-9-7-3-1-2-4-8(7)12-6-13-9/h1-6H,(H3,11,15,16). The van der Waals surface area contributed by atoms with E-state index in [0.29, 0.717) is 5.69 Å². The van der Waals surface area contributed by atoms with Gasteiger partial charge in [-0.25, -0.2) is 9.97 Å². The fourth-order valence-corrected chi connectivity index (χ4v) is 1.34. The molecule has 80 valence electrons. The zero-order valence-corrected chi connectivity index (χ0v) is 9.11. The Labute approximate surface area is 97.4 Å². The number of aromatic nitrogens is 2. The molecule has 0 fully saturated rings. The van der Waals surface area contributed by atoms with E-state index in [9.17, 15) is 0 Å². The summed E-state index contributed by atoms with van der Waals surface area (Å²) in [6.07, 6.45) is 3.05. The first kappa shape index (κ1) is 10.4. The van der Waals surface area contributed by atoms with E-state index >= 15 is 0 Å². The number of thiocarbonyl (C=S) groups is 1. The van der Waals surface area contributed by atoms with Crippen LogP contribution in [-0.2, 0) is 0 Å². The van der Waals surface area contributed by atoms with Gasteiger partial charge in [0, 0.05) is 5.39 Å². The summed E-state index contributed by atoms with van der Waals surface area (Å²) in [6, 6.07) is 7.68. The lowest BCUT2D eigenvalue weighted by Crippen LogP contribution is -2.24. The summed E-state index contributed by atoms with van der Waals surface area (Å²) >= 11 is 4.63. The summed E-state index contributed by atoms with van der Waals surface area (Å²) in [5.74, 6) is 0. The molecule has 0 aliphatic rings. The normalized spacial score (nSPS) is 10.8. The first-order chi connectivity index (χ1) is 7.77. The van der Waals surface area contributed by atoms with E-state index in [0.717, 1.165) is 10.9 Å². The van der Waals surface area contributed by atoms with Gasteiger partial charge in [-0.15, -0.1) is 0 Å². The molecule has 16 heavy (non-hydrogen) atoms. The van der Waals surface area contributed by atoms with Crippen molar-refractivity contribution in [3.05, 3.63) is 36.3 Å². The number of para-hydroxylation sites is 1. The van der Waals surface area contributed by atoms with Gasteiger partial charge in [0.15, 0.2) is 5.11 Å². The van der Waals surface area contributed by atoms with Crippen LogP contribution in [0.1, 0.15) is 5.69 Å². The van der Waals surface area contributed by atoms with Crippen molar-refractivity contribution in [3.63, 3.8) is 0 Å². The minimum atomic E-state index is 0.120. The highest BCUT2D eigenvalue weighted by molar-refractivity contribution is 7.80. The number of nitrogens with zero attached hydrogens (tertiary/aromatic N) is 3. The molecule has 1 aromatic heterocycles. The van der Waals surface area contributed by atoms with Crippen LogP contribution in [0.3, 0.4) is 0 Å². The third-order valence-electron chi connectivity index (χ3n) is 1.94. The van der Waals surface area contributed by atoms with Crippen molar-refractivity contribution in [1.29, 1.82) is 0 Å². The SMILES string of the molecule is NC(=S)NN=Cc1ncnc2ccccc12. The molecule has 0 aliphatic carbocycles. The molecule has 0 atom stereocenters. The molecule has 0 unspecified atom stereocenters. The van der Waals surface area contributed by atoms with E-state index in [-0.39, 0.29) is 5.11 Å². The average molecular weight is 231 g/mol. The van der Waals surface area contributed by atoms with E-state index in [4.69, 9.17) is 5.73 Å². The Hall–Kier alpha value is -2.08. The van der Waals surface area contributed by atoms with Gasteiger partial charge >= 0.3 is 0 Å². The molecule has 5 nitrogen and oxygen atoms in total. The topological polar surface area (TPSA) is 76.2 Å². The lowest BCUT2D eigenvalue weighted by molar-refractivity contribution is 1.04. The highest BCUT2D eigenvalue weighted by Gasteiger charge is 1.99. The maximum atomic E-state index is 5.24. The van der Waals surface area contributed by atoms with E-state index < -0.39 is 0 Å². The van der Waals surface area contributed by atoms with Gasteiger partial charge in [0.1, 0.15) is 6.33 Å². The smallest absolute Gasteiger partial charge is 0.184 e. The lowest BCUT2D eigenvalue weighted by Gasteiger charge is -1.99. The fraction of sp³-hybridized carbons (Fsp3) is 0. The zero-order valence-electron chi connectivity index (χ0n) is 8.29. The van der Waals surface area contributed by atoms with Gasteiger partial charge in [0.2, 0.25) is 0 Å². The summed E-state index contributed by atoms with van der Waals surface area (Å²) in [7, 11) is 0. The van der Waals surface area contributed by atoms with Crippen molar-refractivity contribution >= 4 is 34.4 Å². The second kappa shape index (κ2) is 4.63. The molecule has 0 amide bonds. The number of rotatable bonds is 2. The Morgan fingerprint density at radius 3 is 3.00 bits per heavy atom. The molecule has 6 heteroatoms. The summed E-state index contributed by atoms with van der Waals surface area (Å²) in [4.78, 5) is 8.26. The second-order valence-corrected chi connectivity index (χ2v) is 3.45. The molecule has 0 bridgehead atoms. The first-order valence-electron chi connectivity index (χ1n) is 4.55. The predicted octanol–water partition coefficient (Wildman–Crippen LogP) is 0.797. The molecular formula is C10H9N5S. The van der Waals surface area contributed by atoms with Crippen LogP contribution in [0.2, 0.25) is 0 Å². The molecule has 0 saturated heterocycles. The molecule has 0 spiro atoms. The summed E-state index contributed by atoms with van der Waals surface area (Å²) in [6.45, 7) is 0. The Morgan fingerprint density at radius 1 is 1.38 bits per heavy atom. The van der Waals surface area contributed by atoms with Gasteiger partial charge in [-0.2, -0.15) is 5.10 Å². The largest absolute Gasteiger partial charge is 0.375 e. The molecule has 3 N–H and O–H groups in total. The van der Waals surface area contributed by atoms with Crippen LogP contribution < -0.4 is 11.2 Å². The Balaban J connectivity index is 2.37. The average Bonchev–Trinajstić information content (AvgIpc) is 2.29. The molecule has 0 saturated carbocycles. The second-order valence-electron chi connectivity index (χ2n) is 3.01. The van der Waals surface area contributed by atoms with Gasteiger partial charge in [-0.3, -0.25) is 5.43 Å². The minimum absolute atomic E-state index is 0.120. The molecule has 2 aromatic rings. The molecule has 2 rings (SSSR count). The van der Waals surface area contributed by atoms with Gasteiger partial charge < -0.3 is 5.73 Å². The van der Waals surface area contributed by atoms with Gasteiger partial charge in [-0.05, 0) is 18.3 Å². The van der Waals surface area contributed by atoms with Gasteiger partial charge in [0.25, 0.3) is 0 Å². The number of hydrazone groups is 1. The van der Waals surface area contributed by atoms with Crippen molar-refractivity contribution in [2.24, 2.45) is 10.8 Å². The molecule has 1 heterocycles. The van der Waals surface area contributed by atoms with E-state index in [1.54, 1.807) is 6.21 Å². The summed E-state index contributed by atoms with van der Waals surface area (Å²) in [5, 5.41) is 4.91. The summed E-state index contributed by atoms with van der Waals surface area (Å²) < 4.78 is 0. The van der Waals surface area contributed by atoms with Crippen LogP contribution in [-0.4, -0.2) is 21.3 Å².